The highest BCUT2D eigenvalue weighted by molar-refractivity contribution is 5.42. The van der Waals surface area contributed by atoms with Gasteiger partial charge in [-0.15, -0.1) is 0 Å². The van der Waals surface area contributed by atoms with E-state index >= 15 is 0 Å². The first kappa shape index (κ1) is 7.62. The third kappa shape index (κ3) is 0.994. The standard InChI is InChI=1S/C10H12O2/c1-6-3-4-9-8(5-6)7(2)10(11)12-9/h3-5,7,10-11H,1-2H3/t7-,10-/m0/s1. The van der Waals surface area contributed by atoms with Gasteiger partial charge in [-0.3, -0.25) is 0 Å². The molecule has 0 aliphatic carbocycles. The minimum Gasteiger partial charge on any atom is -0.464 e. The lowest BCUT2D eigenvalue weighted by atomic mass is 10.0. The Morgan fingerprint density at radius 2 is 2.17 bits per heavy atom. The average Bonchev–Trinajstić information content (AvgIpc) is 2.31. The number of aryl methyl sites for hydroxylation is 1. The van der Waals surface area contributed by atoms with Crippen LogP contribution in [0.3, 0.4) is 0 Å². The van der Waals surface area contributed by atoms with E-state index in [9.17, 15) is 5.11 Å². The van der Waals surface area contributed by atoms with Crippen molar-refractivity contribution in [1.82, 2.24) is 0 Å². The lowest BCUT2D eigenvalue weighted by molar-refractivity contribution is -0.0141. The number of aliphatic hydroxyl groups excluding tert-OH is 1. The number of aliphatic hydroxyl groups is 1. The van der Waals surface area contributed by atoms with Crippen LogP contribution in [-0.4, -0.2) is 11.4 Å². The summed E-state index contributed by atoms with van der Waals surface area (Å²) in [5.41, 5.74) is 2.32. The number of hydrogen-bond donors (Lipinski definition) is 1. The molecule has 0 radical (unpaired) electrons. The Hall–Kier alpha value is -1.02. The molecule has 1 aromatic carbocycles. The second kappa shape index (κ2) is 2.49. The number of benzene rings is 1. The molecule has 0 unspecified atom stereocenters. The summed E-state index contributed by atoms with van der Waals surface area (Å²) < 4.78 is 5.23. The van der Waals surface area contributed by atoms with Crippen LogP contribution in [0.5, 0.6) is 5.75 Å². The Kier molecular flexibility index (Phi) is 1.58. The summed E-state index contributed by atoms with van der Waals surface area (Å²) in [4.78, 5) is 0. The molecular formula is C10H12O2. The van der Waals surface area contributed by atoms with E-state index in [2.05, 4.69) is 6.07 Å². The number of hydrogen-bond acceptors (Lipinski definition) is 2. The van der Waals surface area contributed by atoms with E-state index in [0.29, 0.717) is 0 Å². The van der Waals surface area contributed by atoms with E-state index in [0.717, 1.165) is 11.3 Å². The first-order valence-corrected chi connectivity index (χ1v) is 4.14. The van der Waals surface area contributed by atoms with Crippen LogP contribution in [0.15, 0.2) is 18.2 Å². The van der Waals surface area contributed by atoms with Crippen LogP contribution in [0.1, 0.15) is 24.0 Å². The van der Waals surface area contributed by atoms with E-state index in [4.69, 9.17) is 4.74 Å². The maximum atomic E-state index is 9.39. The largest absolute Gasteiger partial charge is 0.464 e. The number of ether oxygens (including phenoxy) is 1. The predicted molar refractivity (Wildman–Crippen MR) is 46.2 cm³/mol. The first-order valence-electron chi connectivity index (χ1n) is 4.14. The van der Waals surface area contributed by atoms with Crippen molar-refractivity contribution in [3.05, 3.63) is 29.3 Å². The molecule has 2 atom stereocenters. The van der Waals surface area contributed by atoms with Crippen LogP contribution in [0.25, 0.3) is 0 Å². The second-order valence-corrected chi connectivity index (χ2v) is 3.34. The van der Waals surface area contributed by atoms with Crippen molar-refractivity contribution in [3.8, 4) is 5.75 Å². The van der Waals surface area contributed by atoms with Gasteiger partial charge in [0.15, 0.2) is 0 Å². The fourth-order valence-corrected chi connectivity index (χ4v) is 1.52. The van der Waals surface area contributed by atoms with Crippen LogP contribution in [0.4, 0.5) is 0 Å². The molecule has 0 bridgehead atoms. The minimum atomic E-state index is -0.665. The quantitative estimate of drug-likeness (QED) is 0.633. The maximum Gasteiger partial charge on any atom is 0.204 e. The van der Waals surface area contributed by atoms with Gasteiger partial charge in [0.1, 0.15) is 5.75 Å². The molecule has 0 saturated heterocycles. The van der Waals surface area contributed by atoms with E-state index in [1.807, 2.05) is 26.0 Å². The predicted octanol–water partition coefficient (Wildman–Crippen LogP) is 1.81. The average molecular weight is 164 g/mol. The van der Waals surface area contributed by atoms with Gasteiger partial charge in [-0.05, 0) is 13.0 Å². The van der Waals surface area contributed by atoms with Crippen LogP contribution < -0.4 is 4.74 Å². The summed E-state index contributed by atoms with van der Waals surface area (Å²) in [6.07, 6.45) is -0.665. The zero-order chi connectivity index (χ0) is 8.72. The molecule has 1 aromatic rings. The zero-order valence-corrected chi connectivity index (χ0v) is 7.24. The molecule has 0 aromatic heterocycles. The Bertz CT molecular complexity index is 307. The summed E-state index contributed by atoms with van der Waals surface area (Å²) in [6, 6.07) is 5.97. The Morgan fingerprint density at radius 3 is 2.92 bits per heavy atom. The van der Waals surface area contributed by atoms with Gasteiger partial charge in [0.05, 0.1) is 0 Å². The van der Waals surface area contributed by atoms with Crippen LogP contribution in [0, 0.1) is 6.92 Å². The van der Waals surface area contributed by atoms with Gasteiger partial charge < -0.3 is 9.84 Å². The van der Waals surface area contributed by atoms with Gasteiger partial charge in [-0.1, -0.05) is 24.6 Å². The summed E-state index contributed by atoms with van der Waals surface area (Å²) in [7, 11) is 0. The molecule has 12 heavy (non-hydrogen) atoms. The van der Waals surface area contributed by atoms with Crippen molar-refractivity contribution in [2.45, 2.75) is 26.1 Å². The third-order valence-corrected chi connectivity index (χ3v) is 2.33. The Labute approximate surface area is 71.8 Å². The van der Waals surface area contributed by atoms with E-state index in [-0.39, 0.29) is 5.92 Å². The van der Waals surface area contributed by atoms with Gasteiger partial charge in [0, 0.05) is 11.5 Å². The number of rotatable bonds is 0. The van der Waals surface area contributed by atoms with Gasteiger partial charge in [0.2, 0.25) is 6.29 Å². The lowest BCUT2D eigenvalue weighted by Gasteiger charge is -2.05. The summed E-state index contributed by atoms with van der Waals surface area (Å²) in [6.45, 7) is 4.01. The first-order chi connectivity index (χ1) is 5.68. The van der Waals surface area contributed by atoms with Crippen molar-refractivity contribution in [2.75, 3.05) is 0 Å². The van der Waals surface area contributed by atoms with Crippen molar-refractivity contribution >= 4 is 0 Å². The van der Waals surface area contributed by atoms with Crippen molar-refractivity contribution in [2.24, 2.45) is 0 Å². The molecular weight excluding hydrogens is 152 g/mol. The third-order valence-electron chi connectivity index (χ3n) is 2.33. The highest BCUT2D eigenvalue weighted by Gasteiger charge is 2.28. The molecule has 1 heterocycles. The molecule has 2 nitrogen and oxygen atoms in total. The summed E-state index contributed by atoms with van der Waals surface area (Å²) in [5, 5.41) is 9.39. The SMILES string of the molecule is Cc1ccc2c(c1)[C@H](C)[C@@H](O)O2. The molecule has 0 saturated carbocycles. The Morgan fingerprint density at radius 1 is 1.42 bits per heavy atom. The minimum absolute atomic E-state index is 0.0971. The molecule has 2 rings (SSSR count). The zero-order valence-electron chi connectivity index (χ0n) is 7.24. The smallest absolute Gasteiger partial charge is 0.204 e. The highest BCUT2D eigenvalue weighted by atomic mass is 16.6. The molecule has 0 fully saturated rings. The van der Waals surface area contributed by atoms with E-state index < -0.39 is 6.29 Å². The highest BCUT2D eigenvalue weighted by Crippen LogP contribution is 2.37. The maximum absolute atomic E-state index is 9.39. The molecule has 1 aliphatic rings. The van der Waals surface area contributed by atoms with Gasteiger partial charge in [0.25, 0.3) is 0 Å². The lowest BCUT2D eigenvalue weighted by Crippen LogP contribution is -2.14. The van der Waals surface area contributed by atoms with Crippen molar-refractivity contribution < 1.29 is 9.84 Å². The van der Waals surface area contributed by atoms with Crippen molar-refractivity contribution in [3.63, 3.8) is 0 Å². The van der Waals surface area contributed by atoms with Crippen LogP contribution in [0.2, 0.25) is 0 Å². The van der Waals surface area contributed by atoms with Gasteiger partial charge in [-0.25, -0.2) is 0 Å². The van der Waals surface area contributed by atoms with E-state index in [1.165, 1.54) is 5.56 Å². The molecule has 0 amide bonds. The van der Waals surface area contributed by atoms with Crippen molar-refractivity contribution in [1.29, 1.82) is 0 Å². The Balaban J connectivity index is 2.48. The normalized spacial score (nSPS) is 26.6. The van der Waals surface area contributed by atoms with E-state index in [1.54, 1.807) is 0 Å². The molecule has 64 valence electrons. The van der Waals surface area contributed by atoms with Gasteiger partial charge in [-0.2, -0.15) is 0 Å². The summed E-state index contributed by atoms with van der Waals surface area (Å²) in [5.74, 6) is 0.917. The second-order valence-electron chi connectivity index (χ2n) is 3.34. The monoisotopic (exact) mass is 164 g/mol. The van der Waals surface area contributed by atoms with Crippen LogP contribution in [-0.2, 0) is 0 Å². The molecule has 1 N–H and O–H groups in total. The fraction of sp³-hybridized carbons (Fsp3) is 0.400. The summed E-state index contributed by atoms with van der Waals surface area (Å²) >= 11 is 0. The number of fused-ring (bicyclic) bond motifs is 1. The molecule has 0 spiro atoms. The molecule has 1 aliphatic heterocycles. The van der Waals surface area contributed by atoms with Gasteiger partial charge >= 0.3 is 0 Å². The fourth-order valence-electron chi connectivity index (χ4n) is 1.52. The van der Waals surface area contributed by atoms with Crippen LogP contribution >= 0.6 is 0 Å². The molecule has 2 heteroatoms. The topological polar surface area (TPSA) is 29.5 Å².